The molecule has 5 heteroatoms. The van der Waals surface area contributed by atoms with Crippen LogP contribution >= 0.6 is 0 Å². The first kappa shape index (κ1) is 17.7. The van der Waals surface area contributed by atoms with Gasteiger partial charge in [-0.25, -0.2) is 0 Å². The maximum Gasteiger partial charge on any atom is 0.240 e. The molecule has 1 saturated carbocycles. The summed E-state index contributed by atoms with van der Waals surface area (Å²) in [5, 5.41) is 5.19. The van der Waals surface area contributed by atoms with E-state index >= 15 is 0 Å². The smallest absolute Gasteiger partial charge is 0.240 e. The summed E-state index contributed by atoms with van der Waals surface area (Å²) in [6, 6.07) is 14.0. The maximum atomic E-state index is 12.5. The SMILES string of the molecule is CC(NC(=O)CN1C(=O)C2CCCCC2C1=O)c1ccc2ccccc2c1. The zero-order chi connectivity index (χ0) is 19.0. The number of hydrogen-bond acceptors (Lipinski definition) is 3. The summed E-state index contributed by atoms with van der Waals surface area (Å²) in [5.74, 6) is -1.05. The summed E-state index contributed by atoms with van der Waals surface area (Å²) in [5.41, 5.74) is 0.995. The van der Waals surface area contributed by atoms with E-state index in [0.29, 0.717) is 0 Å². The van der Waals surface area contributed by atoms with E-state index in [9.17, 15) is 14.4 Å². The molecule has 4 rings (SSSR count). The number of imide groups is 1. The Morgan fingerprint density at radius 3 is 2.33 bits per heavy atom. The first-order valence-electron chi connectivity index (χ1n) is 9.68. The van der Waals surface area contributed by atoms with Gasteiger partial charge in [-0.3, -0.25) is 19.3 Å². The molecule has 2 aromatic carbocycles. The van der Waals surface area contributed by atoms with Crippen molar-refractivity contribution >= 4 is 28.5 Å². The van der Waals surface area contributed by atoms with Crippen molar-refractivity contribution in [1.82, 2.24) is 10.2 Å². The number of nitrogens with one attached hydrogen (secondary N) is 1. The van der Waals surface area contributed by atoms with E-state index in [1.165, 1.54) is 4.90 Å². The van der Waals surface area contributed by atoms with Crippen molar-refractivity contribution in [3.8, 4) is 0 Å². The van der Waals surface area contributed by atoms with Crippen LogP contribution in [0.4, 0.5) is 0 Å². The molecule has 2 aliphatic rings. The zero-order valence-electron chi connectivity index (χ0n) is 15.5. The Morgan fingerprint density at radius 1 is 1.04 bits per heavy atom. The lowest BCUT2D eigenvalue weighted by Crippen LogP contribution is -2.41. The van der Waals surface area contributed by atoms with Gasteiger partial charge in [0.25, 0.3) is 0 Å². The Kier molecular flexibility index (Phi) is 4.68. The van der Waals surface area contributed by atoms with Gasteiger partial charge in [-0.2, -0.15) is 0 Å². The minimum atomic E-state index is -0.295. The summed E-state index contributed by atoms with van der Waals surface area (Å²) >= 11 is 0. The molecule has 1 aliphatic heterocycles. The molecule has 5 nitrogen and oxygen atoms in total. The predicted molar refractivity (Wildman–Crippen MR) is 103 cm³/mol. The molecule has 2 aromatic rings. The number of hydrogen-bond donors (Lipinski definition) is 1. The van der Waals surface area contributed by atoms with Gasteiger partial charge in [0.1, 0.15) is 6.54 Å². The van der Waals surface area contributed by atoms with Crippen molar-refractivity contribution in [2.45, 2.75) is 38.6 Å². The molecule has 27 heavy (non-hydrogen) atoms. The van der Waals surface area contributed by atoms with Gasteiger partial charge in [0.05, 0.1) is 17.9 Å². The van der Waals surface area contributed by atoms with E-state index in [0.717, 1.165) is 42.0 Å². The van der Waals surface area contributed by atoms with E-state index in [4.69, 9.17) is 0 Å². The van der Waals surface area contributed by atoms with Crippen LogP contribution in [0.1, 0.15) is 44.2 Å². The highest BCUT2D eigenvalue weighted by molar-refractivity contribution is 6.07. The molecule has 2 fully saturated rings. The Bertz CT molecular complexity index is 883. The van der Waals surface area contributed by atoms with Gasteiger partial charge in [0, 0.05) is 0 Å². The molecule has 0 bridgehead atoms. The molecule has 1 N–H and O–H groups in total. The maximum absolute atomic E-state index is 12.5. The van der Waals surface area contributed by atoms with Crippen LogP contribution in [-0.4, -0.2) is 29.2 Å². The largest absolute Gasteiger partial charge is 0.348 e. The highest BCUT2D eigenvalue weighted by Gasteiger charge is 2.48. The van der Waals surface area contributed by atoms with E-state index in [1.54, 1.807) is 0 Å². The lowest BCUT2D eigenvalue weighted by atomic mass is 9.81. The Morgan fingerprint density at radius 2 is 1.67 bits per heavy atom. The van der Waals surface area contributed by atoms with Crippen molar-refractivity contribution < 1.29 is 14.4 Å². The third kappa shape index (κ3) is 3.34. The number of fused-ring (bicyclic) bond motifs is 2. The average Bonchev–Trinajstić information content (AvgIpc) is 2.92. The van der Waals surface area contributed by atoms with Crippen LogP contribution < -0.4 is 5.32 Å². The van der Waals surface area contributed by atoms with E-state index in [2.05, 4.69) is 11.4 Å². The van der Waals surface area contributed by atoms with Crippen LogP contribution in [0.25, 0.3) is 10.8 Å². The van der Waals surface area contributed by atoms with E-state index < -0.39 is 0 Å². The van der Waals surface area contributed by atoms with Crippen LogP contribution in [0.2, 0.25) is 0 Å². The molecular formula is C22H24N2O3. The fourth-order valence-corrected chi connectivity index (χ4v) is 4.38. The molecule has 1 aliphatic carbocycles. The van der Waals surface area contributed by atoms with Crippen LogP contribution in [0.3, 0.4) is 0 Å². The zero-order valence-corrected chi connectivity index (χ0v) is 15.5. The Labute approximate surface area is 158 Å². The van der Waals surface area contributed by atoms with Crippen molar-refractivity contribution in [1.29, 1.82) is 0 Å². The first-order valence-corrected chi connectivity index (χ1v) is 9.68. The molecule has 1 heterocycles. The minimum Gasteiger partial charge on any atom is -0.348 e. The molecule has 0 spiro atoms. The minimum absolute atomic E-state index is 0.168. The predicted octanol–water partition coefficient (Wildman–Crippen LogP) is 3.19. The second-order valence-corrected chi connectivity index (χ2v) is 7.66. The quantitative estimate of drug-likeness (QED) is 0.848. The fraction of sp³-hybridized carbons (Fsp3) is 0.409. The normalized spacial score (nSPS) is 23.4. The molecule has 3 unspecified atom stereocenters. The van der Waals surface area contributed by atoms with Crippen LogP contribution in [0.5, 0.6) is 0 Å². The third-order valence-corrected chi connectivity index (χ3v) is 5.89. The van der Waals surface area contributed by atoms with E-state index in [-0.39, 0.29) is 42.1 Å². The van der Waals surface area contributed by atoms with Crippen molar-refractivity contribution in [3.63, 3.8) is 0 Å². The van der Waals surface area contributed by atoms with Crippen molar-refractivity contribution in [2.75, 3.05) is 6.54 Å². The summed E-state index contributed by atoms with van der Waals surface area (Å²) in [7, 11) is 0. The molecule has 3 atom stereocenters. The summed E-state index contributed by atoms with van der Waals surface area (Å²) in [6.07, 6.45) is 3.50. The lowest BCUT2D eigenvalue weighted by Gasteiger charge is -2.19. The Hall–Kier alpha value is -2.69. The van der Waals surface area contributed by atoms with Gasteiger partial charge in [0.15, 0.2) is 0 Å². The monoisotopic (exact) mass is 364 g/mol. The molecule has 0 aromatic heterocycles. The molecule has 3 amide bonds. The van der Waals surface area contributed by atoms with Gasteiger partial charge in [-0.1, -0.05) is 49.2 Å². The van der Waals surface area contributed by atoms with Gasteiger partial charge in [-0.05, 0) is 42.2 Å². The van der Waals surface area contributed by atoms with Crippen LogP contribution in [-0.2, 0) is 14.4 Å². The molecule has 0 radical (unpaired) electrons. The average molecular weight is 364 g/mol. The Balaban J connectivity index is 1.42. The number of rotatable bonds is 4. The van der Waals surface area contributed by atoms with Gasteiger partial charge in [-0.15, -0.1) is 0 Å². The second-order valence-electron chi connectivity index (χ2n) is 7.66. The van der Waals surface area contributed by atoms with Gasteiger partial charge in [0.2, 0.25) is 17.7 Å². The van der Waals surface area contributed by atoms with Gasteiger partial charge < -0.3 is 5.32 Å². The van der Waals surface area contributed by atoms with Gasteiger partial charge >= 0.3 is 0 Å². The number of carbonyl (C=O) groups excluding carboxylic acids is 3. The summed E-state index contributed by atoms with van der Waals surface area (Å²) in [4.78, 5) is 38.7. The first-order chi connectivity index (χ1) is 13.0. The van der Waals surface area contributed by atoms with Crippen molar-refractivity contribution in [2.24, 2.45) is 11.8 Å². The number of nitrogens with zero attached hydrogens (tertiary/aromatic N) is 1. The standard InChI is InChI=1S/C22H24N2O3/c1-14(16-11-10-15-6-2-3-7-17(15)12-16)23-20(25)13-24-21(26)18-8-4-5-9-19(18)22(24)27/h2-3,6-7,10-12,14,18-19H,4-5,8-9,13H2,1H3,(H,23,25). The highest BCUT2D eigenvalue weighted by Crippen LogP contribution is 2.37. The molecule has 140 valence electrons. The number of likely N-dealkylation sites (tertiary alicyclic amines) is 1. The molecule has 1 saturated heterocycles. The summed E-state index contributed by atoms with van der Waals surface area (Å²) in [6.45, 7) is 1.73. The van der Waals surface area contributed by atoms with Crippen molar-refractivity contribution in [3.05, 3.63) is 48.0 Å². The fourth-order valence-electron chi connectivity index (χ4n) is 4.38. The molecular weight excluding hydrogens is 340 g/mol. The highest BCUT2D eigenvalue weighted by atomic mass is 16.2. The second kappa shape index (κ2) is 7.14. The lowest BCUT2D eigenvalue weighted by molar-refractivity contribution is -0.143. The van der Waals surface area contributed by atoms with Crippen LogP contribution in [0.15, 0.2) is 42.5 Å². The van der Waals surface area contributed by atoms with E-state index in [1.807, 2.05) is 43.3 Å². The number of amides is 3. The number of carbonyl (C=O) groups is 3. The van der Waals surface area contributed by atoms with Crippen LogP contribution in [0, 0.1) is 11.8 Å². The topological polar surface area (TPSA) is 66.5 Å². The third-order valence-electron chi connectivity index (χ3n) is 5.89. The number of benzene rings is 2. The summed E-state index contributed by atoms with van der Waals surface area (Å²) < 4.78 is 0.